The van der Waals surface area contributed by atoms with Crippen LogP contribution in [0.2, 0.25) is 0 Å². The van der Waals surface area contributed by atoms with E-state index in [-0.39, 0.29) is 6.10 Å². The van der Waals surface area contributed by atoms with Crippen molar-refractivity contribution >= 4 is 21.7 Å². The molecule has 0 aliphatic heterocycles. The van der Waals surface area contributed by atoms with Crippen molar-refractivity contribution in [1.29, 1.82) is 0 Å². The van der Waals surface area contributed by atoms with Crippen molar-refractivity contribution in [3.05, 3.63) is 16.5 Å². The highest BCUT2D eigenvalue weighted by Crippen LogP contribution is 2.25. The first-order valence-electron chi connectivity index (χ1n) is 7.01. The lowest BCUT2D eigenvalue weighted by Crippen LogP contribution is -2.25. The molecule has 0 bridgehead atoms. The van der Waals surface area contributed by atoms with E-state index in [1.54, 1.807) is 0 Å². The summed E-state index contributed by atoms with van der Waals surface area (Å²) >= 11 is 3.43. The molecule has 1 aliphatic rings. The smallest absolute Gasteiger partial charge is 0.134 e. The summed E-state index contributed by atoms with van der Waals surface area (Å²) < 4.78 is 0.817. The summed E-state index contributed by atoms with van der Waals surface area (Å²) in [5.41, 5.74) is 0. The maximum Gasteiger partial charge on any atom is 0.134 e. The number of hydrogen-bond donors (Lipinski definition) is 2. The second-order valence-corrected chi connectivity index (χ2v) is 6.47. The highest BCUT2D eigenvalue weighted by Gasteiger charge is 2.20. The Bertz CT molecular complexity index is 425. The molecule has 2 rings (SSSR count). The first-order valence-corrected chi connectivity index (χ1v) is 7.80. The second kappa shape index (κ2) is 6.66. The summed E-state index contributed by atoms with van der Waals surface area (Å²) in [6.45, 7) is 5.05. The maximum absolute atomic E-state index is 9.68. The summed E-state index contributed by atoms with van der Waals surface area (Å²) in [5.74, 6) is 2.57. The molecular formula is C14H22BrN3O. The van der Waals surface area contributed by atoms with Gasteiger partial charge in [0.15, 0.2) is 0 Å². The molecule has 2 unspecified atom stereocenters. The molecule has 1 aromatic heterocycles. The molecule has 1 fully saturated rings. The summed E-state index contributed by atoms with van der Waals surface area (Å²) in [6.07, 6.45) is 4.04. The molecule has 2 N–H and O–H groups in total. The van der Waals surface area contributed by atoms with Crippen molar-refractivity contribution in [2.24, 2.45) is 5.92 Å². The molecule has 4 nitrogen and oxygen atoms in total. The van der Waals surface area contributed by atoms with E-state index in [2.05, 4.69) is 45.1 Å². The lowest BCUT2D eigenvalue weighted by molar-refractivity contribution is 0.104. The summed E-state index contributed by atoms with van der Waals surface area (Å²) in [4.78, 5) is 8.89. The van der Waals surface area contributed by atoms with E-state index in [9.17, 15) is 5.11 Å². The normalized spacial score (nSPS) is 23.6. The molecule has 19 heavy (non-hydrogen) atoms. The molecule has 1 aromatic rings. The predicted molar refractivity (Wildman–Crippen MR) is 80.3 cm³/mol. The fourth-order valence-electron chi connectivity index (χ4n) is 2.48. The molecule has 0 amide bonds. The highest BCUT2D eigenvalue weighted by molar-refractivity contribution is 9.10. The largest absolute Gasteiger partial charge is 0.393 e. The first-order chi connectivity index (χ1) is 9.04. The fraction of sp³-hybridized carbons (Fsp3) is 0.714. The first kappa shape index (κ1) is 14.7. The zero-order chi connectivity index (χ0) is 13.8. The van der Waals surface area contributed by atoms with Crippen LogP contribution in [0.3, 0.4) is 0 Å². The average molecular weight is 328 g/mol. The number of aromatic nitrogens is 2. The number of anilines is 1. The van der Waals surface area contributed by atoms with Gasteiger partial charge in [-0.3, -0.25) is 0 Å². The zero-order valence-electron chi connectivity index (χ0n) is 11.6. The SMILES string of the molecule is CC(C)c1nc(Br)cc(NCC2CCCC(O)C2)n1. The van der Waals surface area contributed by atoms with Gasteiger partial charge in [0.05, 0.1) is 6.10 Å². The molecule has 1 saturated carbocycles. The topological polar surface area (TPSA) is 58.0 Å². The third kappa shape index (κ3) is 4.42. The van der Waals surface area contributed by atoms with Crippen molar-refractivity contribution in [2.45, 2.75) is 51.6 Å². The zero-order valence-corrected chi connectivity index (χ0v) is 13.2. The van der Waals surface area contributed by atoms with Crippen LogP contribution in [0.4, 0.5) is 5.82 Å². The lowest BCUT2D eigenvalue weighted by atomic mass is 9.87. The molecule has 0 radical (unpaired) electrons. The van der Waals surface area contributed by atoms with E-state index in [1.165, 1.54) is 6.42 Å². The molecule has 5 heteroatoms. The Balaban J connectivity index is 1.95. The maximum atomic E-state index is 9.68. The third-order valence-corrected chi connectivity index (χ3v) is 3.96. The van der Waals surface area contributed by atoms with Crippen molar-refractivity contribution < 1.29 is 5.11 Å². The van der Waals surface area contributed by atoms with Crippen LogP contribution in [-0.2, 0) is 0 Å². The van der Waals surface area contributed by atoms with Crippen LogP contribution in [0.15, 0.2) is 10.7 Å². The van der Waals surface area contributed by atoms with Crippen LogP contribution in [0.1, 0.15) is 51.3 Å². The van der Waals surface area contributed by atoms with E-state index in [1.807, 2.05) is 6.07 Å². The van der Waals surface area contributed by atoms with Gasteiger partial charge in [-0.05, 0) is 41.1 Å². The Hall–Kier alpha value is -0.680. The molecule has 1 heterocycles. The Labute approximate surface area is 123 Å². The Kier molecular flexibility index (Phi) is 5.16. The van der Waals surface area contributed by atoms with Crippen molar-refractivity contribution in [3.63, 3.8) is 0 Å². The van der Waals surface area contributed by atoms with Crippen molar-refractivity contribution in [1.82, 2.24) is 9.97 Å². The molecule has 2 atom stereocenters. The minimum absolute atomic E-state index is 0.121. The standard InChI is InChI=1S/C14H22BrN3O/c1-9(2)14-17-12(15)7-13(18-14)16-8-10-4-3-5-11(19)6-10/h7,9-11,19H,3-6,8H2,1-2H3,(H,16,17,18). The average Bonchev–Trinajstić information content (AvgIpc) is 2.36. The molecule has 0 saturated heterocycles. The fourth-order valence-corrected chi connectivity index (χ4v) is 2.88. The molecule has 1 aliphatic carbocycles. The number of rotatable bonds is 4. The van der Waals surface area contributed by atoms with Gasteiger partial charge in [-0.25, -0.2) is 9.97 Å². The van der Waals surface area contributed by atoms with Gasteiger partial charge in [0, 0.05) is 18.5 Å². The van der Waals surface area contributed by atoms with Crippen molar-refractivity contribution in [2.75, 3.05) is 11.9 Å². The lowest BCUT2D eigenvalue weighted by Gasteiger charge is -2.26. The Morgan fingerprint density at radius 1 is 1.42 bits per heavy atom. The van der Waals surface area contributed by atoms with Gasteiger partial charge in [-0.15, -0.1) is 0 Å². The number of halogens is 1. The van der Waals surface area contributed by atoms with Crippen LogP contribution < -0.4 is 5.32 Å². The van der Waals surface area contributed by atoms with E-state index in [0.717, 1.165) is 42.1 Å². The van der Waals surface area contributed by atoms with Gasteiger partial charge < -0.3 is 10.4 Å². The molecule has 0 aromatic carbocycles. The molecule has 0 spiro atoms. The Morgan fingerprint density at radius 3 is 2.89 bits per heavy atom. The van der Waals surface area contributed by atoms with E-state index >= 15 is 0 Å². The number of aliphatic hydroxyl groups excluding tert-OH is 1. The second-order valence-electron chi connectivity index (χ2n) is 5.66. The molecule has 106 valence electrons. The van der Waals surface area contributed by atoms with Gasteiger partial charge in [0.25, 0.3) is 0 Å². The summed E-state index contributed by atoms with van der Waals surface area (Å²) in [5, 5.41) is 13.1. The van der Waals surface area contributed by atoms with Crippen LogP contribution in [-0.4, -0.2) is 27.7 Å². The van der Waals surface area contributed by atoms with Gasteiger partial charge >= 0.3 is 0 Å². The quantitative estimate of drug-likeness (QED) is 0.833. The molecular weight excluding hydrogens is 306 g/mol. The van der Waals surface area contributed by atoms with Crippen molar-refractivity contribution in [3.8, 4) is 0 Å². The van der Waals surface area contributed by atoms with E-state index in [4.69, 9.17) is 0 Å². The summed E-state index contributed by atoms with van der Waals surface area (Å²) in [6, 6.07) is 1.91. The Morgan fingerprint density at radius 2 is 2.21 bits per heavy atom. The van der Waals surface area contributed by atoms with Gasteiger partial charge in [-0.1, -0.05) is 20.3 Å². The highest BCUT2D eigenvalue weighted by atomic mass is 79.9. The monoisotopic (exact) mass is 327 g/mol. The van der Waals surface area contributed by atoms with Crippen LogP contribution in [0, 0.1) is 5.92 Å². The minimum atomic E-state index is -0.121. The number of hydrogen-bond acceptors (Lipinski definition) is 4. The third-order valence-electron chi connectivity index (χ3n) is 3.56. The summed E-state index contributed by atoms with van der Waals surface area (Å²) in [7, 11) is 0. The van der Waals surface area contributed by atoms with Crippen LogP contribution in [0.5, 0.6) is 0 Å². The van der Waals surface area contributed by atoms with Gasteiger partial charge in [-0.2, -0.15) is 0 Å². The van der Waals surface area contributed by atoms with Crippen LogP contribution >= 0.6 is 15.9 Å². The van der Waals surface area contributed by atoms with E-state index in [0.29, 0.717) is 11.8 Å². The van der Waals surface area contributed by atoms with E-state index < -0.39 is 0 Å². The van der Waals surface area contributed by atoms with Gasteiger partial charge in [0.2, 0.25) is 0 Å². The number of nitrogens with one attached hydrogen (secondary N) is 1. The van der Waals surface area contributed by atoms with Crippen LogP contribution in [0.25, 0.3) is 0 Å². The predicted octanol–water partition coefficient (Wildman–Crippen LogP) is 3.33. The van der Waals surface area contributed by atoms with Gasteiger partial charge in [0.1, 0.15) is 16.2 Å². The minimum Gasteiger partial charge on any atom is -0.393 e. The number of aliphatic hydroxyl groups is 1. The number of nitrogens with zero attached hydrogens (tertiary/aromatic N) is 2.